The number of aromatic nitrogens is 1. The van der Waals surface area contributed by atoms with Crippen LogP contribution in [-0.2, 0) is 7.05 Å². The van der Waals surface area contributed by atoms with Gasteiger partial charge in [0, 0.05) is 11.8 Å². The van der Waals surface area contributed by atoms with Gasteiger partial charge in [0.15, 0.2) is 0 Å². The van der Waals surface area contributed by atoms with Crippen LogP contribution in [0.25, 0.3) is 0 Å². The molecule has 1 heterocycles. The molecule has 0 saturated carbocycles. The van der Waals surface area contributed by atoms with Gasteiger partial charge in [-0.25, -0.2) is 4.57 Å². The van der Waals surface area contributed by atoms with Crippen LogP contribution >= 0.6 is 0 Å². The van der Waals surface area contributed by atoms with Gasteiger partial charge in [-0.15, -0.1) is 0 Å². The van der Waals surface area contributed by atoms with Crippen molar-refractivity contribution in [2.75, 3.05) is 11.5 Å². The number of benzene rings is 1. The van der Waals surface area contributed by atoms with E-state index in [2.05, 4.69) is 10.2 Å². The van der Waals surface area contributed by atoms with E-state index in [4.69, 9.17) is 11.5 Å². The summed E-state index contributed by atoms with van der Waals surface area (Å²) in [6.45, 7) is 7.95. The van der Waals surface area contributed by atoms with Gasteiger partial charge in [-0.1, -0.05) is 13.8 Å². The molecule has 0 amide bonds. The van der Waals surface area contributed by atoms with Crippen LogP contribution in [-0.4, -0.2) is 0 Å². The molecule has 0 spiro atoms. The van der Waals surface area contributed by atoms with Gasteiger partial charge in [-0.3, -0.25) is 0 Å². The fourth-order valence-corrected chi connectivity index (χ4v) is 1.76. The fourth-order valence-electron chi connectivity index (χ4n) is 1.76. The molecule has 21 heavy (non-hydrogen) atoms. The number of hydrogen-bond donors (Lipinski definition) is 2. The molecular weight excluding hydrogens is 262 g/mol. The number of nitrogens with zero attached hydrogens (tertiary/aromatic N) is 3. The van der Waals surface area contributed by atoms with Crippen molar-refractivity contribution in [1.82, 2.24) is 0 Å². The standard InChI is InChI=1S/C14H17N5.C2H6/c1-9-4-5-14(19(3)8-9)18-17-13-6-10(2)11(15)7-12(13)16;1-2/h4-8H,1-3H3,(H3,15,16);1-2H3/p+1. The van der Waals surface area contributed by atoms with Crippen LogP contribution in [0, 0.1) is 13.8 Å². The summed E-state index contributed by atoms with van der Waals surface area (Å²) in [7, 11) is 1.93. The summed E-state index contributed by atoms with van der Waals surface area (Å²) in [5.74, 6) is 0.763. The molecule has 2 aromatic rings. The molecule has 5 nitrogen and oxygen atoms in total. The average molecular weight is 286 g/mol. The van der Waals surface area contributed by atoms with E-state index >= 15 is 0 Å². The second-order valence-corrected chi connectivity index (χ2v) is 4.64. The summed E-state index contributed by atoms with van der Waals surface area (Å²) in [4.78, 5) is 0. The predicted molar refractivity (Wildman–Crippen MR) is 87.9 cm³/mol. The number of nitrogens with two attached hydrogens (primary N) is 2. The zero-order valence-corrected chi connectivity index (χ0v) is 13.4. The van der Waals surface area contributed by atoms with E-state index in [9.17, 15) is 0 Å². The van der Waals surface area contributed by atoms with Crippen molar-refractivity contribution in [3.05, 3.63) is 41.6 Å². The molecule has 2 rings (SSSR count). The Labute approximate surface area is 126 Å². The van der Waals surface area contributed by atoms with Gasteiger partial charge < -0.3 is 11.5 Å². The van der Waals surface area contributed by atoms with E-state index in [1.54, 1.807) is 6.07 Å². The lowest BCUT2D eigenvalue weighted by Crippen LogP contribution is -2.27. The number of anilines is 2. The molecular formula is C16H24N5+. The molecule has 4 N–H and O–H groups in total. The van der Waals surface area contributed by atoms with E-state index in [1.807, 2.05) is 63.7 Å². The lowest BCUT2D eigenvalue weighted by Gasteiger charge is -2.02. The van der Waals surface area contributed by atoms with Crippen molar-refractivity contribution < 1.29 is 4.57 Å². The highest BCUT2D eigenvalue weighted by Gasteiger charge is 2.08. The lowest BCUT2D eigenvalue weighted by molar-refractivity contribution is -0.658. The van der Waals surface area contributed by atoms with Crippen LogP contribution in [0.5, 0.6) is 0 Å². The average Bonchev–Trinajstić information content (AvgIpc) is 2.45. The first-order chi connectivity index (χ1) is 9.97. The van der Waals surface area contributed by atoms with Crippen molar-refractivity contribution in [3.63, 3.8) is 0 Å². The van der Waals surface area contributed by atoms with Crippen molar-refractivity contribution in [2.45, 2.75) is 27.7 Å². The molecule has 0 atom stereocenters. The molecule has 1 aromatic carbocycles. The van der Waals surface area contributed by atoms with Gasteiger partial charge >= 0.3 is 5.82 Å². The molecule has 0 aliphatic heterocycles. The monoisotopic (exact) mass is 286 g/mol. The zero-order chi connectivity index (χ0) is 16.0. The summed E-state index contributed by atoms with van der Waals surface area (Å²) in [5.41, 5.74) is 15.6. The molecule has 0 aliphatic rings. The molecule has 1 aromatic heterocycles. The van der Waals surface area contributed by atoms with Gasteiger partial charge in [0.2, 0.25) is 0 Å². The molecule has 0 unspecified atom stereocenters. The van der Waals surface area contributed by atoms with Gasteiger partial charge in [0.1, 0.15) is 5.69 Å². The Morgan fingerprint density at radius 2 is 1.62 bits per heavy atom. The maximum atomic E-state index is 5.88. The summed E-state index contributed by atoms with van der Waals surface area (Å²) < 4.78 is 1.92. The molecule has 0 saturated heterocycles. The van der Waals surface area contributed by atoms with Crippen molar-refractivity contribution in [1.29, 1.82) is 0 Å². The Bertz CT molecular complexity index is 647. The first-order valence-electron chi connectivity index (χ1n) is 7.01. The summed E-state index contributed by atoms with van der Waals surface area (Å²) in [6.07, 6.45) is 1.99. The number of pyridine rings is 1. The SMILES string of the molecule is CC.Cc1ccc(N=Nc2cc(C)c(N)cc2N)[n+](C)c1. The van der Waals surface area contributed by atoms with Crippen LogP contribution in [0.3, 0.4) is 0 Å². The smallest absolute Gasteiger partial charge is 0.350 e. The van der Waals surface area contributed by atoms with E-state index in [1.165, 1.54) is 5.56 Å². The first-order valence-corrected chi connectivity index (χ1v) is 7.01. The minimum absolute atomic E-state index is 0.529. The van der Waals surface area contributed by atoms with Crippen LogP contribution in [0.15, 0.2) is 40.7 Å². The van der Waals surface area contributed by atoms with Crippen LogP contribution < -0.4 is 16.0 Å². The molecule has 0 radical (unpaired) electrons. The minimum Gasteiger partial charge on any atom is -0.398 e. The highest BCUT2D eigenvalue weighted by Crippen LogP contribution is 2.28. The lowest BCUT2D eigenvalue weighted by atomic mass is 10.1. The van der Waals surface area contributed by atoms with Crippen molar-refractivity contribution in [3.8, 4) is 0 Å². The number of nitrogen functional groups attached to an aromatic ring is 2. The maximum absolute atomic E-state index is 5.88. The fraction of sp³-hybridized carbons (Fsp3) is 0.312. The quantitative estimate of drug-likeness (QED) is 0.501. The maximum Gasteiger partial charge on any atom is 0.350 e. The number of azo groups is 1. The van der Waals surface area contributed by atoms with Crippen molar-refractivity contribution >= 4 is 22.9 Å². The third kappa shape index (κ3) is 4.27. The van der Waals surface area contributed by atoms with Gasteiger partial charge in [0.05, 0.1) is 24.0 Å². The zero-order valence-electron chi connectivity index (χ0n) is 13.4. The summed E-state index contributed by atoms with van der Waals surface area (Å²) in [6, 6.07) is 7.45. The highest BCUT2D eigenvalue weighted by atomic mass is 15.2. The van der Waals surface area contributed by atoms with Crippen LogP contribution in [0.4, 0.5) is 22.9 Å². The van der Waals surface area contributed by atoms with E-state index < -0.39 is 0 Å². The Kier molecular flexibility index (Phi) is 5.84. The number of aryl methyl sites for hydroxylation is 3. The van der Waals surface area contributed by atoms with Gasteiger partial charge in [-0.2, -0.15) is 0 Å². The van der Waals surface area contributed by atoms with Crippen LogP contribution in [0.1, 0.15) is 25.0 Å². The molecule has 0 fully saturated rings. The van der Waals surface area contributed by atoms with Gasteiger partial charge in [0.25, 0.3) is 0 Å². The number of hydrogen-bond acceptors (Lipinski definition) is 4. The second kappa shape index (κ2) is 7.38. The minimum atomic E-state index is 0.529. The third-order valence-electron chi connectivity index (χ3n) is 2.93. The Hall–Kier alpha value is -2.43. The molecule has 0 aliphatic carbocycles. The Morgan fingerprint density at radius 3 is 2.24 bits per heavy atom. The third-order valence-corrected chi connectivity index (χ3v) is 2.93. The first kappa shape index (κ1) is 16.6. The Balaban J connectivity index is 0.00000106. The molecule has 5 heteroatoms. The molecule has 0 bridgehead atoms. The van der Waals surface area contributed by atoms with Gasteiger partial charge in [-0.05, 0) is 48.3 Å². The Morgan fingerprint density at radius 1 is 0.952 bits per heavy atom. The van der Waals surface area contributed by atoms with E-state index in [-0.39, 0.29) is 0 Å². The summed E-state index contributed by atoms with van der Waals surface area (Å²) in [5, 5.41) is 8.41. The topological polar surface area (TPSA) is 80.6 Å². The normalized spacial score (nSPS) is 10.3. The summed E-state index contributed by atoms with van der Waals surface area (Å²) >= 11 is 0. The number of rotatable bonds is 2. The predicted octanol–water partition coefficient (Wildman–Crippen LogP) is 3.73. The van der Waals surface area contributed by atoms with E-state index in [0.29, 0.717) is 17.1 Å². The highest BCUT2D eigenvalue weighted by molar-refractivity contribution is 5.70. The second-order valence-electron chi connectivity index (χ2n) is 4.64. The largest absolute Gasteiger partial charge is 0.398 e. The van der Waals surface area contributed by atoms with Crippen molar-refractivity contribution in [2.24, 2.45) is 17.3 Å². The molecule has 112 valence electrons. The van der Waals surface area contributed by atoms with E-state index in [0.717, 1.165) is 11.4 Å². The van der Waals surface area contributed by atoms with Crippen LogP contribution in [0.2, 0.25) is 0 Å².